The summed E-state index contributed by atoms with van der Waals surface area (Å²) >= 11 is 0. The van der Waals surface area contributed by atoms with Gasteiger partial charge in [0.25, 0.3) is 0 Å². The van der Waals surface area contributed by atoms with Gasteiger partial charge in [-0.15, -0.1) is 0 Å². The van der Waals surface area contributed by atoms with E-state index in [0.29, 0.717) is 5.56 Å². The molecule has 84 valence electrons. The van der Waals surface area contributed by atoms with Crippen LogP contribution in [0.25, 0.3) is 0 Å². The Hall–Kier alpha value is -1.09. The van der Waals surface area contributed by atoms with Gasteiger partial charge in [-0.1, -0.05) is 6.07 Å². The van der Waals surface area contributed by atoms with Crippen LogP contribution in [0, 0.1) is 12.7 Å². The molecule has 0 aromatic heterocycles. The third-order valence-corrected chi connectivity index (χ3v) is 2.17. The number of benzene rings is 1. The van der Waals surface area contributed by atoms with E-state index < -0.39 is 0 Å². The molecule has 1 N–H and O–H groups in total. The molecule has 0 amide bonds. The highest BCUT2D eigenvalue weighted by atomic mass is 19.1. The Kier molecular flexibility index (Phi) is 5.12. The van der Waals surface area contributed by atoms with Crippen molar-refractivity contribution in [2.45, 2.75) is 20.3 Å². The maximum atomic E-state index is 13.1. The largest absolute Gasteiger partial charge is 0.385 e. The average Bonchev–Trinajstić information content (AvgIpc) is 2.23. The smallest absolute Gasteiger partial charge is 0.128 e. The first-order valence-corrected chi connectivity index (χ1v) is 5.32. The quantitative estimate of drug-likeness (QED) is 0.730. The van der Waals surface area contributed by atoms with E-state index in [1.54, 1.807) is 13.0 Å². The van der Waals surface area contributed by atoms with Gasteiger partial charge >= 0.3 is 0 Å². The van der Waals surface area contributed by atoms with E-state index >= 15 is 0 Å². The fourth-order valence-corrected chi connectivity index (χ4v) is 1.25. The van der Waals surface area contributed by atoms with Gasteiger partial charge in [-0.3, -0.25) is 0 Å². The van der Waals surface area contributed by atoms with Crippen molar-refractivity contribution in [3.8, 4) is 0 Å². The number of halogens is 1. The molecule has 0 spiro atoms. The van der Waals surface area contributed by atoms with Gasteiger partial charge in [-0.2, -0.15) is 0 Å². The highest BCUT2D eigenvalue weighted by molar-refractivity contribution is 5.44. The molecular formula is C12H18FNO. The van der Waals surface area contributed by atoms with E-state index in [1.165, 1.54) is 6.07 Å². The van der Waals surface area contributed by atoms with Gasteiger partial charge in [0.15, 0.2) is 0 Å². The number of nitrogens with one attached hydrogen (secondary N) is 1. The molecule has 15 heavy (non-hydrogen) atoms. The van der Waals surface area contributed by atoms with E-state index in [2.05, 4.69) is 5.32 Å². The molecule has 3 heteroatoms. The monoisotopic (exact) mass is 211 g/mol. The Labute approximate surface area is 90.4 Å². The molecule has 1 rings (SSSR count). The number of hydrogen-bond donors (Lipinski definition) is 1. The molecule has 0 heterocycles. The zero-order valence-corrected chi connectivity index (χ0v) is 9.35. The molecule has 0 bridgehead atoms. The van der Waals surface area contributed by atoms with Gasteiger partial charge in [0.05, 0.1) is 0 Å². The SMILES string of the molecule is CCOCCCNc1ccc(C)c(F)c1. The minimum absolute atomic E-state index is 0.162. The minimum Gasteiger partial charge on any atom is -0.385 e. The number of ether oxygens (including phenoxy) is 1. The van der Waals surface area contributed by atoms with Crippen molar-refractivity contribution < 1.29 is 9.13 Å². The van der Waals surface area contributed by atoms with E-state index in [1.807, 2.05) is 13.0 Å². The van der Waals surface area contributed by atoms with Crippen molar-refractivity contribution in [1.82, 2.24) is 0 Å². The van der Waals surface area contributed by atoms with Crippen LogP contribution in [-0.4, -0.2) is 19.8 Å². The van der Waals surface area contributed by atoms with Crippen molar-refractivity contribution in [3.05, 3.63) is 29.6 Å². The third-order valence-electron chi connectivity index (χ3n) is 2.17. The van der Waals surface area contributed by atoms with Crippen LogP contribution in [0.3, 0.4) is 0 Å². The molecule has 0 atom stereocenters. The summed E-state index contributed by atoms with van der Waals surface area (Å²) in [7, 11) is 0. The van der Waals surface area contributed by atoms with Crippen LogP contribution < -0.4 is 5.32 Å². The van der Waals surface area contributed by atoms with E-state index in [4.69, 9.17) is 4.74 Å². The Balaban J connectivity index is 2.28. The predicted molar refractivity (Wildman–Crippen MR) is 60.7 cm³/mol. The van der Waals surface area contributed by atoms with E-state index in [-0.39, 0.29) is 5.82 Å². The molecule has 0 saturated heterocycles. The highest BCUT2D eigenvalue weighted by Gasteiger charge is 1.98. The zero-order chi connectivity index (χ0) is 11.1. The van der Waals surface area contributed by atoms with E-state index in [0.717, 1.165) is 31.9 Å². The number of anilines is 1. The zero-order valence-electron chi connectivity index (χ0n) is 9.35. The second kappa shape index (κ2) is 6.40. The number of hydrogen-bond acceptors (Lipinski definition) is 2. The number of aryl methyl sites for hydroxylation is 1. The molecule has 0 aliphatic carbocycles. The summed E-state index contributed by atoms with van der Waals surface area (Å²) in [5, 5.41) is 3.15. The van der Waals surface area contributed by atoms with Crippen LogP contribution in [0.1, 0.15) is 18.9 Å². The summed E-state index contributed by atoms with van der Waals surface area (Å²) < 4.78 is 18.3. The number of rotatable bonds is 6. The van der Waals surface area contributed by atoms with Crippen molar-refractivity contribution >= 4 is 5.69 Å². The summed E-state index contributed by atoms with van der Waals surface area (Å²) in [4.78, 5) is 0. The highest BCUT2D eigenvalue weighted by Crippen LogP contribution is 2.13. The molecule has 2 nitrogen and oxygen atoms in total. The maximum absolute atomic E-state index is 13.1. The van der Waals surface area contributed by atoms with Crippen molar-refractivity contribution in [2.24, 2.45) is 0 Å². The summed E-state index contributed by atoms with van der Waals surface area (Å²) in [5.41, 5.74) is 1.50. The van der Waals surface area contributed by atoms with E-state index in [9.17, 15) is 4.39 Å². The third kappa shape index (κ3) is 4.30. The van der Waals surface area contributed by atoms with Gasteiger partial charge in [0, 0.05) is 25.4 Å². The lowest BCUT2D eigenvalue weighted by molar-refractivity contribution is 0.147. The van der Waals surface area contributed by atoms with Crippen molar-refractivity contribution in [2.75, 3.05) is 25.1 Å². The van der Waals surface area contributed by atoms with Crippen LogP contribution in [0.4, 0.5) is 10.1 Å². The minimum atomic E-state index is -0.162. The molecule has 0 fully saturated rings. The molecule has 0 saturated carbocycles. The maximum Gasteiger partial charge on any atom is 0.128 e. The van der Waals surface area contributed by atoms with Gasteiger partial charge in [-0.25, -0.2) is 4.39 Å². The van der Waals surface area contributed by atoms with Crippen LogP contribution in [0.2, 0.25) is 0 Å². The van der Waals surface area contributed by atoms with Crippen LogP contribution in [-0.2, 0) is 4.74 Å². The Bertz CT molecular complexity index is 302. The second-order valence-electron chi connectivity index (χ2n) is 3.44. The Morgan fingerprint density at radius 2 is 2.20 bits per heavy atom. The molecule has 0 radical (unpaired) electrons. The van der Waals surface area contributed by atoms with Gasteiger partial charge in [-0.05, 0) is 38.0 Å². The molecule has 1 aromatic carbocycles. The molecule has 0 aliphatic heterocycles. The van der Waals surface area contributed by atoms with Crippen LogP contribution in [0.15, 0.2) is 18.2 Å². The van der Waals surface area contributed by atoms with Crippen LogP contribution >= 0.6 is 0 Å². The topological polar surface area (TPSA) is 21.3 Å². The lowest BCUT2D eigenvalue weighted by atomic mass is 10.2. The fraction of sp³-hybridized carbons (Fsp3) is 0.500. The van der Waals surface area contributed by atoms with Gasteiger partial charge < -0.3 is 10.1 Å². The molecule has 0 aliphatic rings. The summed E-state index contributed by atoms with van der Waals surface area (Å²) in [6.07, 6.45) is 0.934. The second-order valence-corrected chi connectivity index (χ2v) is 3.44. The van der Waals surface area contributed by atoms with Gasteiger partial charge in [0.1, 0.15) is 5.82 Å². The molecule has 1 aromatic rings. The Morgan fingerprint density at radius 3 is 2.87 bits per heavy atom. The summed E-state index contributed by atoms with van der Waals surface area (Å²) in [6, 6.07) is 5.19. The predicted octanol–water partition coefficient (Wildman–Crippen LogP) is 2.97. The molecular weight excluding hydrogens is 193 g/mol. The summed E-state index contributed by atoms with van der Waals surface area (Å²) in [5.74, 6) is -0.162. The first-order valence-electron chi connectivity index (χ1n) is 5.32. The van der Waals surface area contributed by atoms with Crippen molar-refractivity contribution in [3.63, 3.8) is 0 Å². The lowest BCUT2D eigenvalue weighted by Gasteiger charge is -2.07. The van der Waals surface area contributed by atoms with Crippen molar-refractivity contribution in [1.29, 1.82) is 0 Å². The van der Waals surface area contributed by atoms with Gasteiger partial charge in [0.2, 0.25) is 0 Å². The van der Waals surface area contributed by atoms with Crippen LogP contribution in [0.5, 0.6) is 0 Å². The fourth-order valence-electron chi connectivity index (χ4n) is 1.25. The normalized spacial score (nSPS) is 10.3. The standard InChI is InChI=1S/C12H18FNO/c1-3-15-8-4-7-14-11-6-5-10(2)12(13)9-11/h5-6,9,14H,3-4,7-8H2,1-2H3. The lowest BCUT2D eigenvalue weighted by Crippen LogP contribution is -2.05. The first kappa shape index (κ1) is 12.0. The first-order chi connectivity index (χ1) is 7.24. The summed E-state index contributed by atoms with van der Waals surface area (Å²) in [6.45, 7) is 6.04. The average molecular weight is 211 g/mol. The Morgan fingerprint density at radius 1 is 1.40 bits per heavy atom. The molecule has 0 unspecified atom stereocenters.